The number of rotatable bonds is 3. The lowest BCUT2D eigenvalue weighted by Gasteiger charge is -2.21. The highest BCUT2D eigenvalue weighted by atomic mass is 35.5. The number of carbonyl (C=O) groups is 1. The highest BCUT2D eigenvalue weighted by Gasteiger charge is 2.51. The van der Waals surface area contributed by atoms with Crippen LogP contribution in [0.4, 0.5) is 13.2 Å². The third-order valence-electron chi connectivity index (χ3n) is 2.69. The van der Waals surface area contributed by atoms with Gasteiger partial charge in [0.1, 0.15) is 12.3 Å². The van der Waals surface area contributed by atoms with Gasteiger partial charge in [0.25, 0.3) is 4.33 Å². The number of hydrogen-bond acceptors (Lipinski definition) is 4. The lowest BCUT2D eigenvalue weighted by molar-refractivity contribution is -0.146. The molecule has 1 N–H and O–H groups in total. The van der Waals surface area contributed by atoms with Crippen molar-refractivity contribution in [1.29, 1.82) is 0 Å². The first-order valence-corrected chi connectivity index (χ1v) is 7.07. The second kappa shape index (κ2) is 5.81. The topological polar surface area (TPSA) is 38.3 Å². The number of allylic oxidation sites excluding steroid dienone is 2. The number of carbonyl (C=O) groups excluding carboxylic acids is 1. The Hall–Kier alpha value is -1.34. The summed E-state index contributed by atoms with van der Waals surface area (Å²) in [7, 11) is 0. The molecule has 0 spiro atoms. The predicted octanol–water partition coefficient (Wildman–Crippen LogP) is 3.75. The van der Waals surface area contributed by atoms with Crippen LogP contribution in [-0.4, -0.2) is 16.5 Å². The van der Waals surface area contributed by atoms with Gasteiger partial charge in [-0.1, -0.05) is 53.7 Å². The van der Waals surface area contributed by atoms with Crippen molar-refractivity contribution in [2.75, 3.05) is 0 Å². The zero-order valence-corrected chi connectivity index (χ0v) is 12.4. The molecule has 1 atom stereocenters. The zero-order chi connectivity index (χ0) is 15.7. The fourth-order valence-corrected chi connectivity index (χ4v) is 3.20. The predicted molar refractivity (Wildman–Crippen MR) is 74.3 cm³/mol. The molecule has 21 heavy (non-hydrogen) atoms. The van der Waals surface area contributed by atoms with E-state index < -0.39 is 22.2 Å². The van der Waals surface area contributed by atoms with Crippen LogP contribution >= 0.6 is 23.4 Å². The summed E-state index contributed by atoms with van der Waals surface area (Å²) >= 11 is 6.50. The number of ether oxygens (including phenoxy) is 1. The number of esters is 1. The molecule has 0 aromatic heterocycles. The molecule has 0 saturated heterocycles. The second-order valence-corrected chi connectivity index (χ2v) is 6.53. The molecule has 0 saturated carbocycles. The number of thioether (sulfide) groups is 1. The van der Waals surface area contributed by atoms with Gasteiger partial charge in [-0.15, -0.1) is 0 Å². The second-order valence-electron chi connectivity index (χ2n) is 4.31. The van der Waals surface area contributed by atoms with Crippen molar-refractivity contribution >= 4 is 29.3 Å². The molecule has 114 valence electrons. The van der Waals surface area contributed by atoms with Crippen LogP contribution in [0.2, 0.25) is 0 Å². The summed E-state index contributed by atoms with van der Waals surface area (Å²) in [5.74, 6) is -0.961. The maximum absolute atomic E-state index is 12.7. The molecule has 0 aliphatic carbocycles. The smallest absolute Gasteiger partial charge is 0.431 e. The Balaban J connectivity index is 2.01. The van der Waals surface area contributed by atoms with Crippen LogP contribution in [0.15, 0.2) is 40.9 Å². The van der Waals surface area contributed by atoms with Gasteiger partial charge >= 0.3 is 12.1 Å². The van der Waals surface area contributed by atoms with E-state index in [0.717, 1.165) is 5.56 Å². The van der Waals surface area contributed by atoms with Crippen molar-refractivity contribution in [3.63, 3.8) is 0 Å². The molecule has 0 radical (unpaired) electrons. The normalized spacial score (nSPS) is 22.1. The first-order valence-electron chi connectivity index (χ1n) is 5.88. The molecular weight excluding hydrogens is 327 g/mol. The van der Waals surface area contributed by atoms with Gasteiger partial charge in [0, 0.05) is 4.91 Å². The van der Waals surface area contributed by atoms with Crippen LogP contribution in [0.25, 0.3) is 0 Å². The van der Waals surface area contributed by atoms with E-state index in [1.54, 1.807) is 30.3 Å². The summed E-state index contributed by atoms with van der Waals surface area (Å²) in [6, 6.07) is 8.78. The van der Waals surface area contributed by atoms with E-state index in [9.17, 15) is 18.0 Å². The summed E-state index contributed by atoms with van der Waals surface area (Å²) < 4.78 is 41.2. The van der Waals surface area contributed by atoms with E-state index in [1.807, 2.05) is 5.32 Å². The van der Waals surface area contributed by atoms with Crippen LogP contribution < -0.4 is 5.32 Å². The van der Waals surface area contributed by atoms with Crippen LogP contribution in [0, 0.1) is 0 Å². The number of benzene rings is 1. The largest absolute Gasteiger partial charge is 0.457 e. The van der Waals surface area contributed by atoms with Gasteiger partial charge in [-0.05, 0) is 12.5 Å². The Bertz CT molecular complexity index is 577. The molecular formula is C13H11ClF3NO2S. The van der Waals surface area contributed by atoms with E-state index in [4.69, 9.17) is 16.3 Å². The van der Waals surface area contributed by atoms with Crippen LogP contribution in [0.5, 0.6) is 0 Å². The summed E-state index contributed by atoms with van der Waals surface area (Å²) in [6.45, 7) is 1.19. The van der Waals surface area contributed by atoms with E-state index >= 15 is 0 Å². The van der Waals surface area contributed by atoms with Crippen LogP contribution in [-0.2, 0) is 16.1 Å². The van der Waals surface area contributed by atoms with Crippen LogP contribution in [0.1, 0.15) is 12.5 Å². The number of halogens is 4. The summed E-state index contributed by atoms with van der Waals surface area (Å²) in [5.41, 5.74) is -0.297. The lowest BCUT2D eigenvalue weighted by atomic mass is 10.2. The van der Waals surface area contributed by atoms with Gasteiger partial charge < -0.3 is 10.1 Å². The first-order chi connectivity index (χ1) is 9.72. The molecule has 0 amide bonds. The first kappa shape index (κ1) is 16.0. The van der Waals surface area contributed by atoms with Crippen molar-refractivity contribution in [3.8, 4) is 0 Å². The monoisotopic (exact) mass is 337 g/mol. The molecule has 3 nitrogen and oxygen atoms in total. The highest BCUT2D eigenvalue weighted by Crippen LogP contribution is 2.46. The van der Waals surface area contributed by atoms with E-state index in [-0.39, 0.29) is 11.5 Å². The van der Waals surface area contributed by atoms with Crippen molar-refractivity contribution in [2.24, 2.45) is 0 Å². The van der Waals surface area contributed by atoms with Gasteiger partial charge in [0.15, 0.2) is 0 Å². The minimum absolute atomic E-state index is 0.0587. The van der Waals surface area contributed by atoms with E-state index in [1.165, 1.54) is 6.92 Å². The highest BCUT2D eigenvalue weighted by molar-refractivity contribution is 8.06. The Morgan fingerprint density at radius 3 is 2.52 bits per heavy atom. The average Bonchev–Trinajstić information content (AvgIpc) is 2.74. The molecule has 0 bridgehead atoms. The fraction of sp³-hybridized carbons (Fsp3) is 0.308. The van der Waals surface area contributed by atoms with Gasteiger partial charge in [-0.25, -0.2) is 4.79 Å². The molecule has 8 heteroatoms. The van der Waals surface area contributed by atoms with Gasteiger partial charge in [0.05, 0.1) is 0 Å². The molecule has 1 heterocycles. The molecule has 1 aliphatic rings. The van der Waals surface area contributed by atoms with Gasteiger partial charge in [0.2, 0.25) is 0 Å². The molecule has 1 unspecified atom stereocenters. The maximum Gasteiger partial charge on any atom is 0.431 e. The summed E-state index contributed by atoms with van der Waals surface area (Å²) in [5, 5.41) is 2.00. The van der Waals surface area contributed by atoms with E-state index in [2.05, 4.69) is 0 Å². The number of alkyl halides is 4. The minimum atomic E-state index is -4.59. The fourth-order valence-electron chi connectivity index (χ4n) is 1.72. The quantitative estimate of drug-likeness (QED) is 0.518. The summed E-state index contributed by atoms with van der Waals surface area (Å²) in [4.78, 5) is 11.8. The molecule has 1 aromatic rings. The SMILES string of the molecule is CC1=C(C(F)(F)F)NC(Cl)(C(=O)OCc2ccccc2)S1. The molecule has 0 fully saturated rings. The lowest BCUT2D eigenvalue weighted by Crippen LogP contribution is -2.43. The average molecular weight is 338 g/mol. The Labute approximate surface area is 128 Å². The Kier molecular flexibility index (Phi) is 4.43. The van der Waals surface area contributed by atoms with Crippen molar-refractivity contribution in [3.05, 3.63) is 46.5 Å². The van der Waals surface area contributed by atoms with Crippen molar-refractivity contribution in [1.82, 2.24) is 5.32 Å². The Morgan fingerprint density at radius 2 is 2.00 bits per heavy atom. The standard InChI is InChI=1S/C13H11ClF3NO2S/c1-8-10(13(15,16)17)18-12(14,21-8)11(19)20-7-9-5-3-2-4-6-9/h2-6,18H,7H2,1H3. The number of hydrogen-bond donors (Lipinski definition) is 1. The minimum Gasteiger partial charge on any atom is -0.457 e. The summed E-state index contributed by atoms with van der Waals surface area (Å²) in [6.07, 6.45) is -4.59. The molecule has 2 rings (SSSR count). The van der Waals surface area contributed by atoms with Crippen LogP contribution in [0.3, 0.4) is 0 Å². The number of nitrogens with one attached hydrogen (secondary N) is 1. The zero-order valence-electron chi connectivity index (χ0n) is 10.8. The maximum atomic E-state index is 12.7. The molecule has 1 aliphatic heterocycles. The van der Waals surface area contributed by atoms with E-state index in [0.29, 0.717) is 11.8 Å². The Morgan fingerprint density at radius 1 is 1.38 bits per heavy atom. The van der Waals surface area contributed by atoms with Crippen molar-refractivity contribution in [2.45, 2.75) is 24.0 Å². The van der Waals surface area contributed by atoms with Gasteiger partial charge in [-0.3, -0.25) is 0 Å². The third kappa shape index (κ3) is 3.65. The third-order valence-corrected chi connectivity index (χ3v) is 4.23. The van der Waals surface area contributed by atoms with Crippen molar-refractivity contribution < 1.29 is 22.7 Å². The molecule has 1 aromatic carbocycles. The van der Waals surface area contributed by atoms with Gasteiger partial charge in [-0.2, -0.15) is 13.2 Å².